The van der Waals surface area contributed by atoms with Crippen LogP contribution >= 0.6 is 0 Å². The van der Waals surface area contributed by atoms with E-state index in [0.29, 0.717) is 18.9 Å². The number of hydrogen-bond donors (Lipinski definition) is 2. The number of carbonyl (C=O) groups is 1. The van der Waals surface area contributed by atoms with Crippen LogP contribution in [0.4, 0.5) is 0 Å². The molecule has 16 heavy (non-hydrogen) atoms. The largest absolute Gasteiger partial charge is 0.384 e. The fourth-order valence-electron chi connectivity index (χ4n) is 1.18. The minimum Gasteiger partial charge on any atom is -0.384 e. The molecule has 0 aromatic carbocycles. The Morgan fingerprint density at radius 3 is 2.69 bits per heavy atom. The molecule has 0 aromatic heterocycles. The molecule has 0 atom stereocenters. The lowest BCUT2D eigenvalue weighted by atomic mass is 10.2. The molecule has 1 saturated carbocycles. The molecule has 1 amide bonds. The van der Waals surface area contributed by atoms with Crippen LogP contribution in [0.1, 0.15) is 38.5 Å². The van der Waals surface area contributed by atoms with Crippen LogP contribution in [0.15, 0.2) is 0 Å². The first-order chi connectivity index (χ1) is 7.83. The molecule has 0 spiro atoms. The van der Waals surface area contributed by atoms with Crippen LogP contribution in [0.2, 0.25) is 0 Å². The van der Waals surface area contributed by atoms with Gasteiger partial charge in [0.2, 0.25) is 5.91 Å². The first-order valence-corrected chi connectivity index (χ1v) is 5.64. The summed E-state index contributed by atoms with van der Waals surface area (Å²) in [6.45, 7) is -0.108. The number of carbonyl (C=O) groups excluding carboxylic acids is 1. The summed E-state index contributed by atoms with van der Waals surface area (Å²) >= 11 is 0. The first-order valence-electron chi connectivity index (χ1n) is 5.64. The number of aliphatic hydroxyl groups excluding tert-OH is 1. The molecule has 3 nitrogen and oxygen atoms in total. The minimum absolute atomic E-state index is 0.108. The van der Waals surface area contributed by atoms with E-state index in [2.05, 4.69) is 29.0 Å². The van der Waals surface area contributed by atoms with E-state index in [9.17, 15) is 4.79 Å². The third-order valence-corrected chi connectivity index (χ3v) is 2.15. The quantitative estimate of drug-likeness (QED) is 0.543. The van der Waals surface area contributed by atoms with Crippen LogP contribution in [0.3, 0.4) is 0 Å². The zero-order valence-corrected chi connectivity index (χ0v) is 9.38. The number of amides is 1. The maximum atomic E-state index is 11.3. The van der Waals surface area contributed by atoms with Gasteiger partial charge in [-0.2, -0.15) is 0 Å². The van der Waals surface area contributed by atoms with E-state index in [1.807, 2.05) is 0 Å². The third kappa shape index (κ3) is 6.92. The van der Waals surface area contributed by atoms with Crippen molar-refractivity contribution in [2.45, 2.75) is 44.6 Å². The van der Waals surface area contributed by atoms with Crippen LogP contribution in [0, 0.1) is 23.7 Å². The Bertz CT molecular complexity index is 336. The highest BCUT2D eigenvalue weighted by molar-refractivity contribution is 5.76. The molecule has 1 rings (SSSR count). The van der Waals surface area contributed by atoms with Crippen LogP contribution in [-0.4, -0.2) is 23.7 Å². The average molecular weight is 219 g/mol. The van der Waals surface area contributed by atoms with Gasteiger partial charge in [-0.3, -0.25) is 4.79 Å². The summed E-state index contributed by atoms with van der Waals surface area (Å²) in [5, 5.41) is 11.3. The first kappa shape index (κ1) is 12.6. The van der Waals surface area contributed by atoms with Crippen molar-refractivity contribution in [2.24, 2.45) is 0 Å². The van der Waals surface area contributed by atoms with Gasteiger partial charge in [-0.05, 0) is 19.3 Å². The molecule has 0 heterocycles. The number of rotatable bonds is 4. The van der Waals surface area contributed by atoms with Gasteiger partial charge in [0, 0.05) is 18.9 Å². The summed E-state index contributed by atoms with van der Waals surface area (Å²) in [6, 6.07) is 0.451. The molecule has 0 aromatic rings. The van der Waals surface area contributed by atoms with Gasteiger partial charge in [-0.25, -0.2) is 0 Å². The molecular weight excluding hydrogens is 202 g/mol. The molecule has 0 saturated heterocycles. The van der Waals surface area contributed by atoms with Crippen LogP contribution in [0.25, 0.3) is 0 Å². The Kier molecular flexibility index (Phi) is 6.15. The molecule has 0 aliphatic heterocycles. The van der Waals surface area contributed by atoms with Crippen LogP contribution in [-0.2, 0) is 4.79 Å². The third-order valence-electron chi connectivity index (χ3n) is 2.15. The maximum absolute atomic E-state index is 11.3. The summed E-state index contributed by atoms with van der Waals surface area (Å²) in [5.41, 5.74) is 0. The predicted molar refractivity (Wildman–Crippen MR) is 62.3 cm³/mol. The summed E-state index contributed by atoms with van der Waals surface area (Å²) < 4.78 is 0. The van der Waals surface area contributed by atoms with Gasteiger partial charge in [0.15, 0.2) is 0 Å². The van der Waals surface area contributed by atoms with E-state index < -0.39 is 0 Å². The van der Waals surface area contributed by atoms with E-state index in [4.69, 9.17) is 5.11 Å². The second kappa shape index (κ2) is 7.79. The summed E-state index contributed by atoms with van der Waals surface area (Å²) in [4.78, 5) is 11.3. The van der Waals surface area contributed by atoms with Crippen molar-refractivity contribution in [2.75, 3.05) is 6.61 Å². The Morgan fingerprint density at radius 2 is 2.00 bits per heavy atom. The highest BCUT2D eigenvalue weighted by Crippen LogP contribution is 2.18. The van der Waals surface area contributed by atoms with Gasteiger partial charge in [0.05, 0.1) is 6.42 Å². The fraction of sp³-hybridized carbons (Fsp3) is 0.615. The molecule has 1 aliphatic carbocycles. The van der Waals surface area contributed by atoms with Gasteiger partial charge in [-0.1, -0.05) is 17.8 Å². The zero-order valence-electron chi connectivity index (χ0n) is 9.38. The smallest absolute Gasteiger partial charge is 0.220 e. The van der Waals surface area contributed by atoms with E-state index in [1.54, 1.807) is 0 Å². The van der Waals surface area contributed by atoms with Crippen molar-refractivity contribution in [3.05, 3.63) is 0 Å². The van der Waals surface area contributed by atoms with Crippen molar-refractivity contribution in [3.63, 3.8) is 0 Å². The van der Waals surface area contributed by atoms with E-state index in [1.165, 1.54) is 0 Å². The van der Waals surface area contributed by atoms with Crippen molar-refractivity contribution in [3.8, 4) is 23.7 Å². The Labute approximate surface area is 96.6 Å². The molecule has 0 radical (unpaired) electrons. The monoisotopic (exact) mass is 219 g/mol. The number of aliphatic hydroxyl groups is 1. The Morgan fingerprint density at radius 1 is 1.25 bits per heavy atom. The Hall–Kier alpha value is -1.45. The van der Waals surface area contributed by atoms with Crippen molar-refractivity contribution < 1.29 is 9.90 Å². The van der Waals surface area contributed by atoms with Crippen LogP contribution in [0.5, 0.6) is 0 Å². The van der Waals surface area contributed by atoms with E-state index in [0.717, 1.165) is 25.7 Å². The normalized spacial score (nSPS) is 13.1. The summed E-state index contributed by atoms with van der Waals surface area (Å²) in [5.74, 6) is 11.2. The molecule has 2 N–H and O–H groups in total. The van der Waals surface area contributed by atoms with Crippen molar-refractivity contribution >= 4 is 5.91 Å². The van der Waals surface area contributed by atoms with Gasteiger partial charge in [-0.15, -0.1) is 5.92 Å². The number of hydrogen-bond acceptors (Lipinski definition) is 2. The second-order valence-electron chi connectivity index (χ2n) is 3.74. The lowest BCUT2D eigenvalue weighted by Crippen LogP contribution is -2.24. The van der Waals surface area contributed by atoms with Gasteiger partial charge in [0.1, 0.15) is 6.61 Å². The molecular formula is C13H17NO2. The van der Waals surface area contributed by atoms with E-state index in [-0.39, 0.29) is 12.5 Å². The molecule has 1 fully saturated rings. The minimum atomic E-state index is -0.108. The number of nitrogens with one attached hydrogen (secondary N) is 1. The van der Waals surface area contributed by atoms with Gasteiger partial charge >= 0.3 is 0 Å². The number of unbranched alkanes of at least 4 members (excludes halogenated alkanes) is 1. The van der Waals surface area contributed by atoms with Crippen molar-refractivity contribution in [1.82, 2.24) is 5.32 Å². The molecule has 0 bridgehead atoms. The van der Waals surface area contributed by atoms with Gasteiger partial charge < -0.3 is 10.4 Å². The van der Waals surface area contributed by atoms with Crippen LogP contribution < -0.4 is 5.32 Å². The zero-order chi connectivity index (χ0) is 11.6. The molecule has 3 heteroatoms. The molecule has 86 valence electrons. The predicted octanol–water partition coefficient (Wildman–Crippen LogP) is 0.825. The Balaban J connectivity index is 1.95. The fourth-order valence-corrected chi connectivity index (χ4v) is 1.18. The molecule has 1 aliphatic rings. The average Bonchev–Trinajstić information content (AvgIpc) is 3.06. The highest BCUT2D eigenvalue weighted by atomic mass is 16.2. The summed E-state index contributed by atoms with van der Waals surface area (Å²) in [6.07, 6.45) is 4.87. The van der Waals surface area contributed by atoms with Gasteiger partial charge in [0.25, 0.3) is 0 Å². The topological polar surface area (TPSA) is 49.3 Å². The van der Waals surface area contributed by atoms with E-state index >= 15 is 0 Å². The SMILES string of the molecule is O=C(CCCC#CCC#CCO)NC1CC1. The lowest BCUT2D eigenvalue weighted by Gasteiger charge is -2.00. The maximum Gasteiger partial charge on any atom is 0.220 e. The molecule has 0 unspecified atom stereocenters. The second-order valence-corrected chi connectivity index (χ2v) is 3.74. The highest BCUT2D eigenvalue weighted by Gasteiger charge is 2.22. The standard InChI is InChI=1S/C13H17NO2/c15-11-7-5-3-1-2-4-6-8-13(16)14-12-9-10-12/h12,15H,3-4,6,8-11H2,(H,14,16). The lowest BCUT2D eigenvalue weighted by molar-refractivity contribution is -0.121. The van der Waals surface area contributed by atoms with Crippen molar-refractivity contribution in [1.29, 1.82) is 0 Å². The summed E-state index contributed by atoms with van der Waals surface area (Å²) in [7, 11) is 0.